The Balaban J connectivity index is 0.990. The van der Waals surface area contributed by atoms with Crippen LogP contribution in [-0.2, 0) is 50.2 Å². The summed E-state index contributed by atoms with van der Waals surface area (Å²) in [6, 6.07) is 45.6. The number of benzene rings is 7. The first-order chi connectivity index (χ1) is 40.3. The van der Waals surface area contributed by atoms with E-state index in [2.05, 4.69) is 36.4 Å². The molecule has 0 aromatic heterocycles. The maximum absolute atomic E-state index is 16.6. The number of rotatable bonds is 13. The SMILES string of the molecule is COc1cc2c(cc1O)[C@@H]1C[C@H](O)[C@H]3Cc4cc(O)c(OC)cc4[C@H]4C[C@H](OC(=O)[C@@]5(c6ccc7cc(O)cc(-c8ccccc8)c7c6)CCC[C@@H]5CC[C@H](O)Cc5ccccc5)C[C@@H](OC(C)=O)[C@@H](C2)[C@]1(C1=Cc2ccccc2CC1)[C@H]34. The number of aliphatic hydroxyl groups is 2. The minimum atomic E-state index is -1.16. The van der Waals surface area contributed by atoms with Crippen LogP contribution in [0.15, 0.2) is 145 Å². The number of allylic oxidation sites excluding steroid dienone is 1. The van der Waals surface area contributed by atoms with Gasteiger partial charge in [-0.2, -0.15) is 0 Å². The lowest BCUT2D eigenvalue weighted by molar-refractivity contribution is -0.181. The Kier molecular flexibility index (Phi) is 14.4. The van der Waals surface area contributed by atoms with Gasteiger partial charge in [-0.15, -0.1) is 0 Å². The molecule has 0 saturated heterocycles. The van der Waals surface area contributed by atoms with E-state index < -0.39 is 47.1 Å². The molecule has 7 aromatic rings. The number of fused-ring (bicyclic) bond motifs is 6. The predicted molar refractivity (Wildman–Crippen MR) is 319 cm³/mol. The number of hydrogen-bond acceptors (Lipinski definition) is 11. The molecule has 0 unspecified atom stereocenters. The molecule has 11 nitrogen and oxygen atoms in total. The van der Waals surface area contributed by atoms with Crippen LogP contribution in [0.25, 0.3) is 28.0 Å². The van der Waals surface area contributed by atoms with Gasteiger partial charge in [-0.3, -0.25) is 9.59 Å². The van der Waals surface area contributed by atoms with E-state index in [0.717, 1.165) is 86.5 Å². The maximum Gasteiger partial charge on any atom is 0.317 e. The molecule has 7 aromatic carbocycles. The van der Waals surface area contributed by atoms with Crippen molar-refractivity contribution in [1.82, 2.24) is 0 Å². The molecule has 0 aliphatic heterocycles. The summed E-state index contributed by atoms with van der Waals surface area (Å²) >= 11 is 0. The van der Waals surface area contributed by atoms with Gasteiger partial charge in [0, 0.05) is 24.7 Å². The molecule has 0 spiro atoms. The first-order valence-electron chi connectivity index (χ1n) is 30.0. The first-order valence-corrected chi connectivity index (χ1v) is 30.0. The first kappa shape index (κ1) is 54.6. The van der Waals surface area contributed by atoms with Gasteiger partial charge in [0.15, 0.2) is 23.0 Å². The Morgan fingerprint density at radius 2 is 1.46 bits per heavy atom. The van der Waals surface area contributed by atoms with Crippen LogP contribution in [0.5, 0.6) is 28.7 Å². The average molecular weight is 1120 g/mol. The molecule has 6 aliphatic rings. The number of phenolic OH excluding ortho intramolecular Hbond substituents is 3. The molecule has 6 aliphatic carbocycles. The number of aryl methyl sites for hydroxylation is 1. The van der Waals surface area contributed by atoms with Gasteiger partial charge in [-0.1, -0.05) is 115 Å². The number of methoxy groups -OCH3 is 2. The van der Waals surface area contributed by atoms with E-state index in [4.69, 9.17) is 18.9 Å². The average Bonchev–Trinajstić information content (AvgIpc) is 1.07. The smallest absolute Gasteiger partial charge is 0.317 e. The molecule has 83 heavy (non-hydrogen) atoms. The fraction of sp³-hybridized carbons (Fsp3) is 0.389. The van der Waals surface area contributed by atoms with Gasteiger partial charge in [0.1, 0.15) is 18.0 Å². The van der Waals surface area contributed by atoms with E-state index in [1.807, 2.05) is 91.0 Å². The maximum atomic E-state index is 16.6. The van der Waals surface area contributed by atoms with Gasteiger partial charge in [0.25, 0.3) is 0 Å². The number of aliphatic hydroxyl groups excluding tert-OH is 2. The third kappa shape index (κ3) is 9.43. The van der Waals surface area contributed by atoms with E-state index in [9.17, 15) is 30.3 Å². The third-order valence-electron chi connectivity index (χ3n) is 20.7. The van der Waals surface area contributed by atoms with Crippen LogP contribution in [-0.4, -0.2) is 76.1 Å². The summed E-state index contributed by atoms with van der Waals surface area (Å²) in [7, 11) is 3.09. The highest BCUT2D eigenvalue weighted by Gasteiger charge is 2.68. The number of carbonyl (C=O) groups is 2. The van der Waals surface area contributed by atoms with Crippen LogP contribution in [0, 0.1) is 29.1 Å². The van der Waals surface area contributed by atoms with Gasteiger partial charge in [-0.25, -0.2) is 0 Å². The van der Waals surface area contributed by atoms with Crippen molar-refractivity contribution in [3.8, 4) is 39.9 Å². The van der Waals surface area contributed by atoms with Gasteiger partial charge < -0.3 is 44.5 Å². The Bertz CT molecular complexity index is 3650. The minimum Gasteiger partial charge on any atom is -0.508 e. The molecule has 13 rings (SSSR count). The van der Waals surface area contributed by atoms with E-state index in [0.29, 0.717) is 62.9 Å². The van der Waals surface area contributed by atoms with Crippen LogP contribution in [0.3, 0.4) is 0 Å². The zero-order chi connectivity index (χ0) is 57.3. The third-order valence-corrected chi connectivity index (χ3v) is 20.7. The van der Waals surface area contributed by atoms with Crippen molar-refractivity contribution in [3.05, 3.63) is 190 Å². The number of phenols is 3. The van der Waals surface area contributed by atoms with E-state index in [1.165, 1.54) is 18.1 Å². The lowest BCUT2D eigenvalue weighted by atomic mass is 9.38. The lowest BCUT2D eigenvalue weighted by Gasteiger charge is -2.66. The van der Waals surface area contributed by atoms with E-state index in [1.54, 1.807) is 32.4 Å². The quantitative estimate of drug-likeness (QED) is 0.0696. The second-order valence-corrected chi connectivity index (χ2v) is 24.8. The van der Waals surface area contributed by atoms with Gasteiger partial charge in [0.2, 0.25) is 0 Å². The lowest BCUT2D eigenvalue weighted by Crippen LogP contribution is -2.64. The molecule has 3 fully saturated rings. The van der Waals surface area contributed by atoms with Crippen LogP contribution in [0.4, 0.5) is 0 Å². The second kappa shape index (κ2) is 21.9. The highest BCUT2D eigenvalue weighted by Crippen LogP contribution is 2.72. The number of esters is 2. The summed E-state index contributed by atoms with van der Waals surface area (Å²) in [5.74, 6) is -1.95. The normalized spacial score (nSPS) is 28.0. The number of aromatic hydroxyl groups is 3. The summed E-state index contributed by atoms with van der Waals surface area (Å²) in [5, 5.41) is 60.8. The topological polar surface area (TPSA) is 172 Å². The highest BCUT2D eigenvalue weighted by atomic mass is 16.6. The van der Waals surface area contributed by atoms with Crippen molar-refractivity contribution < 1.29 is 54.1 Å². The molecular formula is C72H74O11. The van der Waals surface area contributed by atoms with Gasteiger partial charge in [0.05, 0.1) is 31.8 Å². The van der Waals surface area contributed by atoms with Crippen molar-refractivity contribution in [2.24, 2.45) is 29.1 Å². The summed E-state index contributed by atoms with van der Waals surface area (Å²) in [6.07, 6.45) is 6.15. The molecule has 12 atom stereocenters. The molecule has 0 bridgehead atoms. The van der Waals surface area contributed by atoms with Crippen LogP contribution in [0.1, 0.15) is 121 Å². The van der Waals surface area contributed by atoms with Crippen LogP contribution >= 0.6 is 0 Å². The van der Waals surface area contributed by atoms with Crippen molar-refractivity contribution in [1.29, 1.82) is 0 Å². The van der Waals surface area contributed by atoms with Crippen LogP contribution in [0.2, 0.25) is 0 Å². The van der Waals surface area contributed by atoms with Gasteiger partial charge >= 0.3 is 11.9 Å². The second-order valence-electron chi connectivity index (χ2n) is 24.8. The fourth-order valence-corrected chi connectivity index (χ4v) is 17.4. The zero-order valence-corrected chi connectivity index (χ0v) is 47.5. The highest BCUT2D eigenvalue weighted by molar-refractivity contribution is 5.99. The monoisotopic (exact) mass is 1110 g/mol. The van der Waals surface area contributed by atoms with Crippen molar-refractivity contribution in [2.45, 2.75) is 132 Å². The van der Waals surface area contributed by atoms with Crippen molar-refractivity contribution >= 4 is 28.8 Å². The molecule has 3 saturated carbocycles. The molecule has 11 heteroatoms. The largest absolute Gasteiger partial charge is 0.508 e. The Morgan fingerprint density at radius 1 is 0.723 bits per heavy atom. The summed E-state index contributed by atoms with van der Waals surface area (Å²) in [5.41, 5.74) is 9.05. The molecule has 5 N–H and O–H groups in total. The number of hydrogen-bond donors (Lipinski definition) is 5. The summed E-state index contributed by atoms with van der Waals surface area (Å²) in [6.45, 7) is 1.46. The summed E-state index contributed by atoms with van der Waals surface area (Å²) in [4.78, 5) is 30.6. The molecule has 0 amide bonds. The standard InChI is InChI=1S/C72H74O11/c1-41(73)82-66-37-54(83-70(79)71(26-12-19-49(71)24-25-52(74)27-42-13-6-4-7-14-42)50-22-21-46-29-53(75)35-56(55(46)34-50)44-16-8-5-9-17-44)36-59-57-39-68(81-3)64(77)32-47(57)30-60-63(76)40-61-58-38-65(78)67(80-2)33-48(58)31-62(66)72(61,69(59)60)51-23-20-43-15-10-11-18-45(43)28-51/h4-11,13-18,21-22,28-29,32-35,38-39,49,52,54,59-63,66,69,74-78H,12,19-20,23-27,30-31,36-37,40H2,1-3H3/t49-,52+,54+,59-,60-,61+,62-,63+,66-,69+,71+,72-/m1/s1. The fourth-order valence-electron chi connectivity index (χ4n) is 17.4. The molecule has 428 valence electrons. The Labute approximate surface area is 485 Å². The molecule has 0 radical (unpaired) electrons. The zero-order valence-electron chi connectivity index (χ0n) is 47.5. The van der Waals surface area contributed by atoms with Gasteiger partial charge in [-0.05, 0) is 209 Å². The van der Waals surface area contributed by atoms with Crippen LogP contribution < -0.4 is 9.47 Å². The minimum absolute atomic E-state index is 0.0101. The van der Waals surface area contributed by atoms with Crippen molar-refractivity contribution in [3.63, 3.8) is 0 Å². The molecule has 0 heterocycles. The Hall–Kier alpha value is -7.60. The Morgan fingerprint density at radius 3 is 2.24 bits per heavy atom. The molecular weight excluding hydrogens is 1040 g/mol. The van der Waals surface area contributed by atoms with Crippen molar-refractivity contribution in [2.75, 3.05) is 14.2 Å². The number of carbonyl (C=O) groups excluding carboxylic acids is 2. The van der Waals surface area contributed by atoms with E-state index >= 15 is 4.79 Å². The number of ether oxygens (including phenoxy) is 4. The summed E-state index contributed by atoms with van der Waals surface area (Å²) < 4.78 is 25.9. The van der Waals surface area contributed by atoms with E-state index in [-0.39, 0.29) is 59.2 Å². The predicted octanol–water partition coefficient (Wildman–Crippen LogP) is 13.0.